The first-order chi connectivity index (χ1) is 52.3. The van der Waals surface area contributed by atoms with Crippen LogP contribution in [0.1, 0.15) is 417 Å². The minimum absolute atomic E-state index is 0. The smallest absolute Gasteiger partial charge is 1.00 e. The Morgan fingerprint density at radius 1 is 0.309 bits per heavy atom. The Kier molecular flexibility index (Phi) is 84.3. The second-order valence-corrected chi connectivity index (χ2v) is 33.2. The van der Waals surface area contributed by atoms with Gasteiger partial charge < -0.3 is 54.0 Å². The van der Waals surface area contributed by atoms with Crippen LogP contribution < -0.4 is 91.0 Å². The number of phosphoric ester groups is 2. The van der Waals surface area contributed by atoms with E-state index in [0.717, 1.165) is 167 Å². The summed E-state index contributed by atoms with van der Waals surface area (Å²) < 4.78 is 59.2. The van der Waals surface area contributed by atoms with E-state index in [1.807, 2.05) is 0 Å². The third-order valence-corrected chi connectivity index (χ3v) is 21.6. The van der Waals surface area contributed by atoms with Crippen LogP contribution in [0, 0.1) is 0 Å². The molecule has 0 bridgehead atoms. The molecule has 0 saturated heterocycles. The first-order valence-corrected chi connectivity index (χ1v) is 47.1. The van der Waals surface area contributed by atoms with Gasteiger partial charge in [-0.3, -0.25) is 46.9 Å². The summed E-state index contributed by atoms with van der Waals surface area (Å²) in [5.41, 5.74) is 0. The zero-order valence-electron chi connectivity index (χ0n) is 73.4. The summed E-state index contributed by atoms with van der Waals surface area (Å²) in [5.74, 6) is -2.10. The summed E-state index contributed by atoms with van der Waals surface area (Å²) in [6.07, 6.45) is 55.2. The van der Waals surface area contributed by atoms with Gasteiger partial charge in [0.15, 0.2) is 0 Å². The van der Waals surface area contributed by atoms with Crippen molar-refractivity contribution in [1.82, 2.24) is 31.9 Å². The molecular weight excluding hydrogens is 1460 g/mol. The Balaban J connectivity index is -0.00000954. The van der Waals surface area contributed by atoms with Crippen LogP contribution in [-0.2, 0) is 65.5 Å². The van der Waals surface area contributed by atoms with E-state index in [4.69, 9.17) is 27.6 Å². The molecule has 27 heteroatoms. The summed E-state index contributed by atoms with van der Waals surface area (Å²) in [4.78, 5) is 114. The van der Waals surface area contributed by atoms with Crippen LogP contribution in [-0.4, -0.2) is 128 Å². The third kappa shape index (κ3) is 78.8. The summed E-state index contributed by atoms with van der Waals surface area (Å²) in [6.45, 7) is 10.3. The number of carbonyl (C=O) groups excluding carboxylic acids is 7. The van der Waals surface area contributed by atoms with Gasteiger partial charge in [0.2, 0.25) is 23.6 Å². The average Bonchev–Trinajstić information content (AvgIpc) is 0.911. The minimum Gasteiger partial charge on any atom is -1.00 e. The van der Waals surface area contributed by atoms with Gasteiger partial charge >= 0.3 is 92.7 Å². The summed E-state index contributed by atoms with van der Waals surface area (Å²) in [5, 5.41) is 16.3. The van der Waals surface area contributed by atoms with E-state index in [1.165, 1.54) is 141 Å². The number of nitrogens with one attached hydrogen (secondary N) is 6. The zero-order chi connectivity index (χ0) is 79.5. The van der Waals surface area contributed by atoms with E-state index in [1.54, 1.807) is 0 Å². The van der Waals surface area contributed by atoms with Crippen LogP contribution in [0.5, 0.6) is 0 Å². The van der Waals surface area contributed by atoms with E-state index >= 15 is 0 Å². The first-order valence-electron chi connectivity index (χ1n) is 44.1. The summed E-state index contributed by atoms with van der Waals surface area (Å²) >= 11 is 0. The van der Waals surface area contributed by atoms with Crippen molar-refractivity contribution >= 4 is 57.2 Å². The Hall–Kier alpha value is -1.69. The van der Waals surface area contributed by atoms with Gasteiger partial charge in [0.25, 0.3) is 0 Å². The van der Waals surface area contributed by atoms with Gasteiger partial charge in [-0.15, -0.1) is 0 Å². The van der Waals surface area contributed by atoms with Gasteiger partial charge in [-0.05, 0) is 51.4 Å². The molecule has 0 spiro atoms. The molecule has 0 fully saturated rings. The molecular formula is C83H164N6Na2O17P2. The van der Waals surface area contributed by atoms with E-state index in [-0.39, 0.29) is 150 Å². The zero-order valence-corrected chi connectivity index (χ0v) is 77.2. The normalized spacial score (nSPS) is 13.5. The fourth-order valence-electron chi connectivity index (χ4n) is 13.0. The standard InChI is InChI=1S/C83H162N6O17P2.2Na.2H/c1-7-13-19-25-29-33-35-39-41-47-53-59-77(90)88-73(69-86-79(92)67-75(57-51-45-23-17-11-5)105-81(94)61-55-49-43-37-31-27-21-15-9-3)71-103-107(97,98)101-65-63-84-83(96)85-64-66-102-108(99,100)104-72-74(89-78(91)60-54-48-42-40-36-34-30-26-20-14-8-2)70-87-80(93)68-76(58-52-46-24-18-12-6)106-82(95)62-56-50-44-38-32-28-22-16-10-4;;;;/h73-76H,7-72H2,1-6H3,(H,86,92)(H,87,93)(H,88,90)(H,89,91)(H,97,98)(H,99,100)(H2,84,85,96);;;;/q;2*+1;2*-1/t73-,74-,75-,76-;;;;/m1..../s1. The van der Waals surface area contributed by atoms with Crippen molar-refractivity contribution in [3.63, 3.8) is 0 Å². The number of amides is 6. The molecule has 0 aliphatic heterocycles. The average molecular weight is 1630 g/mol. The number of ether oxygens (including phenoxy) is 2. The number of phosphoric acid groups is 2. The van der Waals surface area contributed by atoms with Crippen LogP contribution in [0.4, 0.5) is 4.79 Å². The van der Waals surface area contributed by atoms with E-state index in [9.17, 15) is 52.5 Å². The maximum atomic E-state index is 13.6. The van der Waals surface area contributed by atoms with Crippen molar-refractivity contribution < 1.29 is 142 Å². The molecule has 2 unspecified atom stereocenters. The van der Waals surface area contributed by atoms with Gasteiger partial charge in [-0.25, -0.2) is 13.9 Å². The third-order valence-electron chi connectivity index (χ3n) is 19.6. The Morgan fingerprint density at radius 2 is 0.545 bits per heavy atom. The number of unbranched alkanes of at least 4 members (excludes halogenated alkanes) is 44. The SMILES string of the molecule is CCCCCCCCCCCCCC(=O)N[C@H](CNC(=O)C[C@@H](CCCCCCC)OC(=O)CCCCCCCCCCC)COP(=O)(O)OCCNC(=O)NCCOP(=O)(O)OC[C@@H](CNC(=O)C[C@@H](CCCCCCC)OC(=O)CCCCCCCCCCC)NC(=O)CCCCCCCCCCCCC.[H-].[H-].[Na+].[Na+]. The Labute approximate surface area is 716 Å². The molecule has 8 N–H and O–H groups in total. The second kappa shape index (κ2) is 82.4. The molecule has 0 aromatic carbocycles. The van der Waals surface area contributed by atoms with Crippen molar-refractivity contribution in [2.75, 3.05) is 52.6 Å². The number of esters is 2. The summed E-state index contributed by atoms with van der Waals surface area (Å²) in [6, 6.07) is -2.64. The summed E-state index contributed by atoms with van der Waals surface area (Å²) in [7, 11) is -9.58. The van der Waals surface area contributed by atoms with Gasteiger partial charge in [0, 0.05) is 51.9 Å². The maximum absolute atomic E-state index is 13.6. The molecule has 0 heterocycles. The van der Waals surface area contributed by atoms with Crippen molar-refractivity contribution in [1.29, 1.82) is 0 Å². The molecule has 0 aliphatic carbocycles. The largest absolute Gasteiger partial charge is 1.00 e. The van der Waals surface area contributed by atoms with E-state index in [2.05, 4.69) is 73.4 Å². The fourth-order valence-corrected chi connectivity index (χ4v) is 14.5. The van der Waals surface area contributed by atoms with Crippen LogP contribution in [0.3, 0.4) is 0 Å². The predicted molar refractivity (Wildman–Crippen MR) is 439 cm³/mol. The number of hydrogen-bond acceptors (Lipinski definition) is 15. The Bertz CT molecular complexity index is 2160. The second-order valence-electron chi connectivity index (χ2n) is 30.3. The molecule has 23 nitrogen and oxygen atoms in total. The van der Waals surface area contributed by atoms with Crippen molar-refractivity contribution in [3.05, 3.63) is 0 Å². The molecule has 0 rings (SSSR count). The van der Waals surface area contributed by atoms with Gasteiger partial charge in [-0.2, -0.15) is 0 Å². The van der Waals surface area contributed by atoms with E-state index < -0.39 is 84.2 Å². The molecule has 110 heavy (non-hydrogen) atoms. The minimum atomic E-state index is -4.79. The molecule has 0 saturated carbocycles. The number of carbonyl (C=O) groups is 7. The van der Waals surface area contributed by atoms with Crippen molar-refractivity contribution in [2.24, 2.45) is 0 Å². The quantitative estimate of drug-likeness (QED) is 0.0121. The van der Waals surface area contributed by atoms with E-state index in [0.29, 0.717) is 25.7 Å². The molecule has 0 radical (unpaired) electrons. The molecule has 0 aliphatic rings. The number of urea groups is 1. The number of hydrogen-bond donors (Lipinski definition) is 8. The first kappa shape index (κ1) is 112. The molecule has 6 amide bonds. The number of rotatable bonds is 82. The maximum Gasteiger partial charge on any atom is 1.00 e. The van der Waals surface area contributed by atoms with Crippen LogP contribution in [0.2, 0.25) is 0 Å². The van der Waals surface area contributed by atoms with Crippen molar-refractivity contribution in [2.45, 2.75) is 438 Å². The van der Waals surface area contributed by atoms with Crippen LogP contribution in [0.25, 0.3) is 0 Å². The molecule has 640 valence electrons. The van der Waals surface area contributed by atoms with Crippen molar-refractivity contribution in [3.8, 4) is 0 Å². The van der Waals surface area contributed by atoms with Gasteiger partial charge in [-0.1, -0.05) is 324 Å². The van der Waals surface area contributed by atoms with Gasteiger partial charge in [0.1, 0.15) is 12.2 Å². The Morgan fingerprint density at radius 3 is 0.809 bits per heavy atom. The predicted octanol–water partition coefficient (Wildman–Crippen LogP) is 14.6. The molecule has 0 aromatic rings. The monoisotopic (exact) mass is 1630 g/mol. The van der Waals surface area contributed by atoms with Crippen LogP contribution in [0.15, 0.2) is 0 Å². The topological polar surface area (TPSA) is 322 Å². The molecule has 6 atom stereocenters. The molecule has 0 aromatic heterocycles. The fraction of sp³-hybridized carbons (Fsp3) is 0.916. The van der Waals surface area contributed by atoms with Gasteiger partial charge in [0.05, 0.1) is 51.4 Å². The van der Waals surface area contributed by atoms with Crippen LogP contribution >= 0.6 is 15.6 Å².